The zero-order valence-corrected chi connectivity index (χ0v) is 31.4. The van der Waals surface area contributed by atoms with Crippen molar-refractivity contribution in [3.05, 3.63) is 233 Å². The van der Waals surface area contributed by atoms with E-state index in [0.29, 0.717) is 0 Å². The molecule has 10 rings (SSSR count). The summed E-state index contributed by atoms with van der Waals surface area (Å²) in [5.41, 5.74) is 17.4. The highest BCUT2D eigenvalue weighted by Crippen LogP contribution is 2.62. The van der Waals surface area contributed by atoms with Gasteiger partial charge in [-0.3, -0.25) is 0 Å². The molecule has 3 aliphatic rings. The van der Waals surface area contributed by atoms with Gasteiger partial charge in [0.25, 0.3) is 0 Å². The van der Waals surface area contributed by atoms with Crippen LogP contribution < -0.4 is 9.64 Å². The molecular weight excluding hydrogens is 667 g/mol. The van der Waals surface area contributed by atoms with Crippen LogP contribution in [0, 0.1) is 0 Å². The summed E-state index contributed by atoms with van der Waals surface area (Å²) in [5, 5.41) is 0. The molecule has 55 heavy (non-hydrogen) atoms. The van der Waals surface area contributed by atoms with Gasteiger partial charge in [0.2, 0.25) is 0 Å². The molecule has 1 aliphatic heterocycles. The lowest BCUT2D eigenvalue weighted by Gasteiger charge is -2.40. The van der Waals surface area contributed by atoms with Crippen LogP contribution in [-0.4, -0.2) is 0 Å². The Hall–Kier alpha value is -6.64. The number of ether oxygens (including phenoxy) is 1. The van der Waals surface area contributed by atoms with Gasteiger partial charge in [-0.1, -0.05) is 160 Å². The standard InChI is InChI=1S/C53H41NO/c1-5-18-49(38(6-2)35-19-8-7-9-20-35)54(36-29-31-41-39-21-10-12-23-43(39)52(3,4)47(41)33-36)37-30-32-42-40-22-11-13-24-44(40)53(48(42)34-37)45-25-14-16-27-50(45)55-51-28-17-15-26-46(51)53/h5-34H,1H2,2-4H3/b38-6-,49-18+. The van der Waals surface area contributed by atoms with Crippen molar-refractivity contribution in [1.82, 2.24) is 0 Å². The molecule has 0 fully saturated rings. The number of para-hydroxylation sites is 2. The minimum Gasteiger partial charge on any atom is -0.457 e. The van der Waals surface area contributed by atoms with Gasteiger partial charge in [-0.25, -0.2) is 0 Å². The second-order valence-corrected chi connectivity index (χ2v) is 15.2. The summed E-state index contributed by atoms with van der Waals surface area (Å²) >= 11 is 0. The summed E-state index contributed by atoms with van der Waals surface area (Å²) in [6.45, 7) is 11.1. The smallest absolute Gasteiger partial charge is 0.132 e. The fraction of sp³-hybridized carbons (Fsp3) is 0.0943. The largest absolute Gasteiger partial charge is 0.457 e. The highest BCUT2D eigenvalue weighted by Gasteiger charge is 2.51. The molecule has 0 bridgehead atoms. The second-order valence-electron chi connectivity index (χ2n) is 15.2. The molecule has 7 aromatic rings. The molecule has 0 atom stereocenters. The number of hydrogen-bond donors (Lipinski definition) is 0. The van der Waals surface area contributed by atoms with E-state index >= 15 is 0 Å². The lowest BCUT2D eigenvalue weighted by Crippen LogP contribution is -2.32. The van der Waals surface area contributed by atoms with Gasteiger partial charge in [-0.05, 0) is 99.5 Å². The average Bonchev–Trinajstić information content (AvgIpc) is 3.64. The second kappa shape index (κ2) is 12.5. The minimum atomic E-state index is -0.578. The van der Waals surface area contributed by atoms with Crippen LogP contribution in [0.4, 0.5) is 11.4 Å². The number of allylic oxidation sites excluding steroid dienone is 4. The van der Waals surface area contributed by atoms with E-state index in [-0.39, 0.29) is 5.41 Å². The van der Waals surface area contributed by atoms with Gasteiger partial charge >= 0.3 is 0 Å². The third-order valence-corrected chi connectivity index (χ3v) is 12.1. The van der Waals surface area contributed by atoms with Gasteiger partial charge in [-0.2, -0.15) is 0 Å². The summed E-state index contributed by atoms with van der Waals surface area (Å²) in [4.78, 5) is 2.44. The molecule has 0 unspecified atom stereocenters. The number of nitrogens with zero attached hydrogens (tertiary/aromatic N) is 1. The van der Waals surface area contributed by atoms with E-state index in [9.17, 15) is 0 Å². The lowest BCUT2D eigenvalue weighted by molar-refractivity contribution is 0.436. The number of anilines is 2. The molecule has 0 amide bonds. The van der Waals surface area contributed by atoms with Crippen molar-refractivity contribution < 1.29 is 4.74 Å². The fourth-order valence-electron chi connectivity index (χ4n) is 9.72. The zero-order chi connectivity index (χ0) is 37.3. The highest BCUT2D eigenvalue weighted by atomic mass is 16.5. The summed E-state index contributed by atoms with van der Waals surface area (Å²) in [6.07, 6.45) is 6.30. The maximum Gasteiger partial charge on any atom is 0.132 e. The molecule has 7 aromatic carbocycles. The monoisotopic (exact) mass is 707 g/mol. The van der Waals surface area contributed by atoms with Crippen molar-refractivity contribution in [2.24, 2.45) is 0 Å². The average molecular weight is 708 g/mol. The maximum atomic E-state index is 6.66. The van der Waals surface area contributed by atoms with Crippen molar-refractivity contribution in [3.63, 3.8) is 0 Å². The molecule has 264 valence electrons. The van der Waals surface area contributed by atoms with Crippen LogP contribution in [0.15, 0.2) is 194 Å². The number of fused-ring (bicyclic) bond motifs is 12. The molecule has 0 saturated heterocycles. The van der Waals surface area contributed by atoms with Gasteiger partial charge < -0.3 is 9.64 Å². The minimum absolute atomic E-state index is 0.155. The van der Waals surface area contributed by atoms with Gasteiger partial charge in [0.05, 0.1) is 11.1 Å². The Bertz CT molecular complexity index is 2700. The predicted molar refractivity (Wildman–Crippen MR) is 228 cm³/mol. The van der Waals surface area contributed by atoms with E-state index in [1.165, 1.54) is 44.5 Å². The quantitative estimate of drug-likeness (QED) is 0.160. The van der Waals surface area contributed by atoms with Crippen molar-refractivity contribution in [1.29, 1.82) is 0 Å². The summed E-state index contributed by atoms with van der Waals surface area (Å²) in [6, 6.07) is 59.7. The van der Waals surface area contributed by atoms with Crippen LogP contribution in [0.25, 0.3) is 27.8 Å². The third-order valence-electron chi connectivity index (χ3n) is 12.1. The first-order valence-corrected chi connectivity index (χ1v) is 19.2. The predicted octanol–water partition coefficient (Wildman–Crippen LogP) is 13.8. The fourth-order valence-corrected chi connectivity index (χ4v) is 9.72. The van der Waals surface area contributed by atoms with Crippen LogP contribution in [-0.2, 0) is 10.8 Å². The zero-order valence-electron chi connectivity index (χ0n) is 31.4. The molecule has 1 heterocycles. The SMILES string of the molecule is C=C/C=C(\C(=C/C)c1ccccc1)N(c1ccc2c(c1)C(C)(C)c1ccccc1-2)c1ccc2c(c1)C1(c3ccccc3Oc3ccccc31)c1ccccc1-2. The van der Waals surface area contributed by atoms with Crippen LogP contribution >= 0.6 is 0 Å². The van der Waals surface area contributed by atoms with E-state index in [2.05, 4.69) is 208 Å². The Balaban J connectivity index is 1.26. The normalized spacial score (nSPS) is 15.2. The Labute approximate surface area is 324 Å². The molecular formula is C53H41NO. The Morgan fingerprint density at radius 1 is 0.527 bits per heavy atom. The van der Waals surface area contributed by atoms with Crippen LogP contribution in [0.2, 0.25) is 0 Å². The summed E-state index contributed by atoms with van der Waals surface area (Å²) < 4.78 is 6.66. The molecule has 2 nitrogen and oxygen atoms in total. The molecule has 2 aliphatic carbocycles. The topological polar surface area (TPSA) is 12.5 Å². The van der Waals surface area contributed by atoms with Crippen LogP contribution in [0.5, 0.6) is 11.5 Å². The Morgan fingerprint density at radius 3 is 1.64 bits per heavy atom. The Morgan fingerprint density at radius 2 is 1.02 bits per heavy atom. The van der Waals surface area contributed by atoms with E-state index < -0.39 is 5.41 Å². The summed E-state index contributed by atoms with van der Waals surface area (Å²) in [5.74, 6) is 1.78. The molecule has 1 spiro atoms. The van der Waals surface area contributed by atoms with Crippen LogP contribution in [0.3, 0.4) is 0 Å². The van der Waals surface area contributed by atoms with Crippen LogP contribution in [0.1, 0.15) is 59.7 Å². The molecule has 0 aromatic heterocycles. The van der Waals surface area contributed by atoms with E-state index in [4.69, 9.17) is 4.74 Å². The van der Waals surface area contributed by atoms with Gasteiger partial charge in [0.1, 0.15) is 11.5 Å². The molecule has 0 saturated carbocycles. The van der Waals surface area contributed by atoms with E-state index in [1.807, 2.05) is 6.08 Å². The Kier molecular flexibility index (Phi) is 7.47. The first-order chi connectivity index (χ1) is 27.0. The molecule has 2 heteroatoms. The number of hydrogen-bond acceptors (Lipinski definition) is 2. The van der Waals surface area contributed by atoms with Crippen molar-refractivity contribution in [2.75, 3.05) is 4.90 Å². The first kappa shape index (κ1) is 33.0. The van der Waals surface area contributed by atoms with E-state index in [0.717, 1.165) is 50.8 Å². The lowest BCUT2D eigenvalue weighted by atomic mass is 9.66. The van der Waals surface area contributed by atoms with E-state index in [1.54, 1.807) is 0 Å². The number of rotatable bonds is 6. The molecule has 0 N–H and O–H groups in total. The highest BCUT2D eigenvalue weighted by molar-refractivity contribution is 5.94. The van der Waals surface area contributed by atoms with Crippen molar-refractivity contribution in [3.8, 4) is 33.8 Å². The van der Waals surface area contributed by atoms with Gasteiger partial charge in [-0.15, -0.1) is 0 Å². The van der Waals surface area contributed by atoms with Gasteiger partial charge in [0.15, 0.2) is 0 Å². The summed E-state index contributed by atoms with van der Waals surface area (Å²) in [7, 11) is 0. The first-order valence-electron chi connectivity index (χ1n) is 19.2. The maximum absolute atomic E-state index is 6.66. The third kappa shape index (κ3) is 4.68. The number of benzene rings is 7. The van der Waals surface area contributed by atoms with Gasteiger partial charge in [0, 0.05) is 33.5 Å². The van der Waals surface area contributed by atoms with Crippen molar-refractivity contribution in [2.45, 2.75) is 31.6 Å². The molecule has 0 radical (unpaired) electrons. The van der Waals surface area contributed by atoms with Crippen molar-refractivity contribution >= 4 is 16.9 Å².